The molecule has 134 valence electrons. The quantitative estimate of drug-likeness (QED) is 0.297. The van der Waals surface area contributed by atoms with Crippen LogP contribution in [0.25, 0.3) is 0 Å². The lowest BCUT2D eigenvalue weighted by molar-refractivity contribution is 0.0205. The van der Waals surface area contributed by atoms with Gasteiger partial charge in [-0.15, -0.1) is 24.0 Å². The highest BCUT2D eigenvalue weighted by molar-refractivity contribution is 14.0. The molecule has 0 spiro atoms. The summed E-state index contributed by atoms with van der Waals surface area (Å²) >= 11 is 0. The standard InChI is InChI=1S/C16H31N5O.HI/c1-16(2,3)14(22-6)11-19-15(17-4)18-9-7-8-13-10-20-21(5)12-13;/h10,12,14H,7-9,11H2,1-6H3,(H2,17,18,19);1H. The molecule has 1 heterocycles. The number of nitrogens with one attached hydrogen (secondary N) is 2. The largest absolute Gasteiger partial charge is 0.379 e. The molecule has 0 aliphatic heterocycles. The zero-order valence-electron chi connectivity index (χ0n) is 15.2. The third-order valence-electron chi connectivity index (χ3n) is 3.62. The molecule has 1 atom stereocenters. The van der Waals surface area contributed by atoms with Gasteiger partial charge in [0.2, 0.25) is 0 Å². The fraction of sp³-hybridized carbons (Fsp3) is 0.750. The van der Waals surface area contributed by atoms with E-state index in [-0.39, 0.29) is 35.5 Å². The lowest BCUT2D eigenvalue weighted by atomic mass is 9.89. The van der Waals surface area contributed by atoms with E-state index in [1.165, 1.54) is 5.56 Å². The average molecular weight is 437 g/mol. The number of rotatable bonds is 7. The summed E-state index contributed by atoms with van der Waals surface area (Å²) < 4.78 is 7.37. The Hall–Kier alpha value is -0.830. The second kappa shape index (κ2) is 10.9. The summed E-state index contributed by atoms with van der Waals surface area (Å²) in [6, 6.07) is 0. The fourth-order valence-corrected chi connectivity index (χ4v) is 2.25. The highest BCUT2D eigenvalue weighted by Gasteiger charge is 2.24. The van der Waals surface area contributed by atoms with Crippen molar-refractivity contribution < 1.29 is 4.74 Å². The molecule has 0 fully saturated rings. The lowest BCUT2D eigenvalue weighted by Gasteiger charge is -2.30. The minimum absolute atomic E-state index is 0. The number of nitrogens with zero attached hydrogens (tertiary/aromatic N) is 3. The van der Waals surface area contributed by atoms with E-state index in [1.54, 1.807) is 14.2 Å². The van der Waals surface area contributed by atoms with Gasteiger partial charge in [-0.2, -0.15) is 5.10 Å². The molecule has 1 rings (SSSR count). The van der Waals surface area contributed by atoms with E-state index in [9.17, 15) is 0 Å². The first-order valence-corrected chi connectivity index (χ1v) is 7.81. The van der Waals surface area contributed by atoms with Gasteiger partial charge >= 0.3 is 0 Å². The van der Waals surface area contributed by atoms with E-state index in [4.69, 9.17) is 4.74 Å². The summed E-state index contributed by atoms with van der Waals surface area (Å²) in [6.45, 7) is 8.14. The predicted molar refractivity (Wildman–Crippen MR) is 107 cm³/mol. The summed E-state index contributed by atoms with van der Waals surface area (Å²) in [4.78, 5) is 4.25. The number of guanidine groups is 1. The highest BCUT2D eigenvalue weighted by atomic mass is 127. The summed E-state index contributed by atoms with van der Waals surface area (Å²) in [5.41, 5.74) is 1.36. The van der Waals surface area contributed by atoms with Crippen LogP contribution in [0.1, 0.15) is 32.8 Å². The van der Waals surface area contributed by atoms with Crippen LogP contribution < -0.4 is 10.6 Å². The molecule has 0 saturated carbocycles. The van der Waals surface area contributed by atoms with Crippen molar-refractivity contribution in [2.24, 2.45) is 17.5 Å². The van der Waals surface area contributed by atoms with Crippen molar-refractivity contribution in [2.45, 2.75) is 39.7 Å². The van der Waals surface area contributed by atoms with E-state index < -0.39 is 0 Å². The Morgan fingerprint density at radius 2 is 2.09 bits per heavy atom. The fourth-order valence-electron chi connectivity index (χ4n) is 2.25. The molecular formula is C16H32IN5O. The Morgan fingerprint density at radius 1 is 1.39 bits per heavy atom. The Bertz CT molecular complexity index is 467. The number of halogens is 1. The van der Waals surface area contributed by atoms with Gasteiger partial charge in [-0.3, -0.25) is 9.67 Å². The van der Waals surface area contributed by atoms with Crippen LogP contribution >= 0.6 is 24.0 Å². The van der Waals surface area contributed by atoms with Crippen LogP contribution in [0.3, 0.4) is 0 Å². The molecule has 2 N–H and O–H groups in total. The van der Waals surface area contributed by atoms with Crippen molar-refractivity contribution in [1.82, 2.24) is 20.4 Å². The van der Waals surface area contributed by atoms with Crippen LogP contribution in [-0.2, 0) is 18.2 Å². The van der Waals surface area contributed by atoms with Crippen LogP contribution in [0.15, 0.2) is 17.4 Å². The van der Waals surface area contributed by atoms with Crippen molar-refractivity contribution in [1.29, 1.82) is 0 Å². The van der Waals surface area contributed by atoms with E-state index >= 15 is 0 Å². The highest BCUT2D eigenvalue weighted by Crippen LogP contribution is 2.20. The van der Waals surface area contributed by atoms with Gasteiger partial charge in [0.1, 0.15) is 0 Å². The van der Waals surface area contributed by atoms with Crippen molar-refractivity contribution in [3.63, 3.8) is 0 Å². The number of ether oxygens (including phenoxy) is 1. The van der Waals surface area contributed by atoms with E-state index in [2.05, 4.69) is 47.7 Å². The molecule has 0 aliphatic carbocycles. The maximum Gasteiger partial charge on any atom is 0.191 e. The van der Waals surface area contributed by atoms with Gasteiger partial charge < -0.3 is 15.4 Å². The average Bonchev–Trinajstić information content (AvgIpc) is 2.86. The minimum Gasteiger partial charge on any atom is -0.379 e. The maximum absolute atomic E-state index is 5.54. The predicted octanol–water partition coefficient (Wildman–Crippen LogP) is 2.20. The number of hydrogen-bond donors (Lipinski definition) is 2. The monoisotopic (exact) mass is 437 g/mol. The number of aromatic nitrogens is 2. The summed E-state index contributed by atoms with van der Waals surface area (Å²) in [7, 11) is 5.48. The smallest absolute Gasteiger partial charge is 0.191 e. The Balaban J connectivity index is 0.00000484. The molecule has 23 heavy (non-hydrogen) atoms. The van der Waals surface area contributed by atoms with Crippen LogP contribution in [0, 0.1) is 5.41 Å². The molecule has 0 bridgehead atoms. The van der Waals surface area contributed by atoms with Gasteiger partial charge in [-0.05, 0) is 23.8 Å². The zero-order chi connectivity index (χ0) is 16.6. The van der Waals surface area contributed by atoms with Crippen LogP contribution in [0.5, 0.6) is 0 Å². The van der Waals surface area contributed by atoms with Crippen molar-refractivity contribution in [3.05, 3.63) is 18.0 Å². The SMILES string of the molecule is CN=C(NCCCc1cnn(C)c1)NCC(OC)C(C)(C)C.I. The van der Waals surface area contributed by atoms with Gasteiger partial charge in [0, 0.05) is 40.5 Å². The van der Waals surface area contributed by atoms with E-state index in [1.807, 2.05) is 17.9 Å². The Labute approximate surface area is 157 Å². The van der Waals surface area contributed by atoms with Crippen molar-refractivity contribution >= 4 is 29.9 Å². The molecular weight excluding hydrogens is 405 g/mol. The second-order valence-electron chi connectivity index (χ2n) is 6.60. The molecule has 1 aromatic rings. The van der Waals surface area contributed by atoms with Gasteiger partial charge in [0.05, 0.1) is 12.3 Å². The molecule has 7 heteroatoms. The number of hydrogen-bond acceptors (Lipinski definition) is 3. The number of aryl methyl sites for hydroxylation is 2. The van der Waals surface area contributed by atoms with Gasteiger partial charge in [-0.25, -0.2) is 0 Å². The van der Waals surface area contributed by atoms with Crippen LogP contribution in [-0.4, -0.2) is 49.1 Å². The maximum atomic E-state index is 5.54. The minimum atomic E-state index is 0. The van der Waals surface area contributed by atoms with Crippen LogP contribution in [0.4, 0.5) is 0 Å². The molecule has 0 aliphatic rings. The van der Waals surface area contributed by atoms with Crippen LogP contribution in [0.2, 0.25) is 0 Å². The third kappa shape index (κ3) is 8.55. The summed E-state index contributed by atoms with van der Waals surface area (Å²) in [5.74, 6) is 0.817. The topological polar surface area (TPSA) is 63.5 Å². The second-order valence-corrected chi connectivity index (χ2v) is 6.60. The van der Waals surface area contributed by atoms with E-state index in [0.717, 1.165) is 31.9 Å². The Morgan fingerprint density at radius 3 is 2.57 bits per heavy atom. The first kappa shape index (κ1) is 22.2. The van der Waals surface area contributed by atoms with Gasteiger partial charge in [0.25, 0.3) is 0 Å². The molecule has 0 radical (unpaired) electrons. The first-order chi connectivity index (χ1) is 10.4. The lowest BCUT2D eigenvalue weighted by Crippen LogP contribution is -2.45. The normalized spacial score (nSPS) is 13.4. The molecule has 6 nitrogen and oxygen atoms in total. The van der Waals surface area contributed by atoms with E-state index in [0.29, 0.717) is 0 Å². The first-order valence-electron chi connectivity index (χ1n) is 7.81. The van der Waals surface area contributed by atoms with Crippen molar-refractivity contribution in [3.8, 4) is 0 Å². The number of methoxy groups -OCH3 is 1. The summed E-state index contributed by atoms with van der Waals surface area (Å²) in [5, 5.41) is 10.8. The number of aliphatic imine (C=N–C) groups is 1. The Kier molecular flexibility index (Phi) is 10.5. The molecule has 0 saturated heterocycles. The molecule has 0 amide bonds. The molecule has 1 unspecified atom stereocenters. The zero-order valence-corrected chi connectivity index (χ0v) is 17.5. The van der Waals surface area contributed by atoms with Crippen molar-refractivity contribution in [2.75, 3.05) is 27.2 Å². The summed E-state index contributed by atoms with van der Waals surface area (Å²) in [6.07, 6.45) is 6.17. The third-order valence-corrected chi connectivity index (χ3v) is 3.62. The van der Waals surface area contributed by atoms with Gasteiger partial charge in [-0.1, -0.05) is 20.8 Å². The molecule has 0 aromatic carbocycles. The van der Waals surface area contributed by atoms with Gasteiger partial charge in [0.15, 0.2) is 5.96 Å². The molecule has 1 aromatic heterocycles.